The van der Waals surface area contributed by atoms with Crippen LogP contribution in [0.3, 0.4) is 0 Å². The van der Waals surface area contributed by atoms with Gasteiger partial charge in [-0.15, -0.1) is 0 Å². The number of benzene rings is 1. The first kappa shape index (κ1) is 19.8. The summed E-state index contributed by atoms with van der Waals surface area (Å²) in [4.78, 5) is 12.7. The summed E-state index contributed by atoms with van der Waals surface area (Å²) in [6.45, 7) is 2.23. The van der Waals surface area contributed by atoms with Gasteiger partial charge >= 0.3 is 0 Å². The second kappa shape index (κ2) is 7.07. The molecule has 1 aromatic heterocycles. The van der Waals surface area contributed by atoms with Crippen molar-refractivity contribution in [2.24, 2.45) is 13.0 Å². The average molecular weight is 420 g/mol. The molecule has 1 fully saturated rings. The van der Waals surface area contributed by atoms with Crippen LogP contribution < -0.4 is 20.3 Å². The Kier molecular flexibility index (Phi) is 4.82. The van der Waals surface area contributed by atoms with Crippen LogP contribution in [0.1, 0.15) is 19.8 Å². The van der Waals surface area contributed by atoms with E-state index in [-0.39, 0.29) is 21.9 Å². The highest BCUT2D eigenvalue weighted by Crippen LogP contribution is 2.43. The van der Waals surface area contributed by atoms with E-state index in [2.05, 4.69) is 5.32 Å². The largest absolute Gasteiger partial charge is 0.493 e. The minimum Gasteiger partial charge on any atom is -0.493 e. The molecule has 0 saturated heterocycles. The molecular formula is C20H24N2O6S. The van der Waals surface area contributed by atoms with Gasteiger partial charge < -0.3 is 24.5 Å². The van der Waals surface area contributed by atoms with Gasteiger partial charge in [-0.3, -0.25) is 4.79 Å². The van der Waals surface area contributed by atoms with Crippen molar-refractivity contribution in [1.82, 2.24) is 4.57 Å². The van der Waals surface area contributed by atoms with Gasteiger partial charge in [-0.25, -0.2) is 8.42 Å². The van der Waals surface area contributed by atoms with E-state index in [4.69, 9.17) is 9.47 Å². The number of fused-ring (bicyclic) bond motifs is 1. The second-order valence-corrected chi connectivity index (χ2v) is 9.78. The lowest BCUT2D eigenvalue weighted by atomic mass is 10.0. The molecule has 156 valence electrons. The van der Waals surface area contributed by atoms with E-state index in [0.717, 1.165) is 19.1 Å². The fourth-order valence-electron chi connectivity index (χ4n) is 3.24. The van der Waals surface area contributed by atoms with Crippen molar-refractivity contribution >= 4 is 15.5 Å². The first-order valence-electron chi connectivity index (χ1n) is 9.47. The maximum Gasteiger partial charge on any atom is 0.277 e. The van der Waals surface area contributed by atoms with Crippen molar-refractivity contribution < 1.29 is 23.0 Å². The van der Waals surface area contributed by atoms with Gasteiger partial charge in [-0.05, 0) is 43.9 Å². The minimum atomic E-state index is -3.45. The lowest BCUT2D eigenvalue weighted by molar-refractivity contribution is 0.0568. The molecule has 0 bridgehead atoms. The predicted octanol–water partition coefficient (Wildman–Crippen LogP) is 1.76. The van der Waals surface area contributed by atoms with E-state index in [0.29, 0.717) is 29.4 Å². The molecule has 0 radical (unpaired) electrons. The summed E-state index contributed by atoms with van der Waals surface area (Å²) in [5, 5.41) is 12.9. The monoisotopic (exact) mass is 420 g/mol. The molecule has 2 N–H and O–H groups in total. The summed E-state index contributed by atoms with van der Waals surface area (Å²) in [7, 11) is -1.86. The third-order valence-corrected chi connectivity index (χ3v) is 6.32. The molecule has 4 rings (SSSR count). The zero-order chi connectivity index (χ0) is 20.9. The number of aliphatic hydroxyl groups excluding tert-OH is 1. The number of hydrogen-bond donors (Lipinski definition) is 2. The zero-order valence-corrected chi connectivity index (χ0v) is 17.3. The highest BCUT2D eigenvalue weighted by Gasteiger charge is 2.31. The Hall–Kier alpha value is -2.52. The molecule has 29 heavy (non-hydrogen) atoms. The highest BCUT2D eigenvalue weighted by molar-refractivity contribution is 7.90. The SMILES string of the molecule is C[C@H]1Oc2c(-c3cc(S(C)(=O)=O)ccc3OCC3CC3)cn(C)c(=O)c2NC1O. The highest BCUT2D eigenvalue weighted by atomic mass is 32.2. The molecule has 1 saturated carbocycles. The Morgan fingerprint density at radius 1 is 1.31 bits per heavy atom. The number of pyridine rings is 1. The second-order valence-electron chi connectivity index (χ2n) is 7.76. The molecule has 1 unspecified atom stereocenters. The third-order valence-electron chi connectivity index (χ3n) is 5.21. The zero-order valence-electron chi connectivity index (χ0n) is 16.5. The molecule has 2 aliphatic rings. The first-order valence-corrected chi connectivity index (χ1v) is 11.4. The van der Waals surface area contributed by atoms with Crippen molar-refractivity contribution in [3.05, 3.63) is 34.7 Å². The molecule has 9 heteroatoms. The van der Waals surface area contributed by atoms with E-state index in [1.807, 2.05) is 0 Å². The van der Waals surface area contributed by atoms with Crippen LogP contribution in [0.5, 0.6) is 11.5 Å². The van der Waals surface area contributed by atoms with Crippen molar-refractivity contribution in [3.8, 4) is 22.6 Å². The molecule has 2 atom stereocenters. The van der Waals surface area contributed by atoms with E-state index < -0.39 is 22.2 Å². The number of nitrogens with zero attached hydrogens (tertiary/aromatic N) is 1. The number of aromatic nitrogens is 1. The van der Waals surface area contributed by atoms with Crippen molar-refractivity contribution in [2.45, 2.75) is 37.0 Å². The van der Waals surface area contributed by atoms with Crippen LogP contribution in [0.15, 0.2) is 34.1 Å². The van der Waals surface area contributed by atoms with Crippen LogP contribution in [-0.4, -0.2) is 43.3 Å². The first-order chi connectivity index (χ1) is 13.6. The van der Waals surface area contributed by atoms with Crippen molar-refractivity contribution in [1.29, 1.82) is 0 Å². The lowest BCUT2D eigenvalue weighted by Gasteiger charge is -2.31. The Morgan fingerprint density at radius 3 is 2.69 bits per heavy atom. The van der Waals surface area contributed by atoms with Crippen LogP contribution in [0, 0.1) is 5.92 Å². The summed E-state index contributed by atoms with van der Waals surface area (Å²) >= 11 is 0. The van der Waals surface area contributed by atoms with Gasteiger partial charge in [-0.2, -0.15) is 0 Å². The quantitative estimate of drug-likeness (QED) is 0.759. The molecule has 1 aliphatic heterocycles. The van der Waals surface area contributed by atoms with E-state index >= 15 is 0 Å². The molecule has 0 amide bonds. The number of anilines is 1. The summed E-state index contributed by atoms with van der Waals surface area (Å²) in [6.07, 6.45) is 3.35. The lowest BCUT2D eigenvalue weighted by Crippen LogP contribution is -2.42. The normalized spacial score (nSPS) is 21.1. The molecule has 2 heterocycles. The predicted molar refractivity (Wildman–Crippen MR) is 108 cm³/mol. The van der Waals surface area contributed by atoms with Gasteiger partial charge in [-0.1, -0.05) is 0 Å². The third kappa shape index (κ3) is 3.84. The van der Waals surface area contributed by atoms with E-state index in [9.17, 15) is 18.3 Å². The van der Waals surface area contributed by atoms with Crippen molar-refractivity contribution in [3.63, 3.8) is 0 Å². The number of aliphatic hydroxyl groups is 1. The summed E-state index contributed by atoms with van der Waals surface area (Å²) < 4.78 is 37.5. The smallest absolute Gasteiger partial charge is 0.277 e. The molecule has 2 aromatic rings. The fourth-order valence-corrected chi connectivity index (χ4v) is 3.89. The van der Waals surface area contributed by atoms with Crippen LogP contribution in [0.2, 0.25) is 0 Å². The molecule has 1 aromatic carbocycles. The molecule has 1 aliphatic carbocycles. The summed E-state index contributed by atoms with van der Waals surface area (Å²) in [5.74, 6) is 1.31. The van der Waals surface area contributed by atoms with E-state index in [1.54, 1.807) is 26.2 Å². The van der Waals surface area contributed by atoms with Crippen LogP contribution in [0.25, 0.3) is 11.1 Å². The number of rotatable bonds is 5. The minimum absolute atomic E-state index is 0.133. The number of ether oxygens (including phenoxy) is 2. The maximum absolute atomic E-state index is 12.6. The van der Waals surface area contributed by atoms with Crippen LogP contribution in [-0.2, 0) is 16.9 Å². The summed E-state index contributed by atoms with van der Waals surface area (Å²) in [6, 6.07) is 4.69. The Balaban J connectivity index is 1.91. The Bertz CT molecular complexity index is 1120. The molecule has 0 spiro atoms. The topological polar surface area (TPSA) is 107 Å². The number of hydrogen-bond acceptors (Lipinski definition) is 7. The van der Waals surface area contributed by atoms with Gasteiger partial charge in [0.25, 0.3) is 5.56 Å². The summed E-state index contributed by atoms with van der Waals surface area (Å²) in [5.41, 5.74) is 0.818. The van der Waals surface area contributed by atoms with Gasteiger partial charge in [0, 0.05) is 30.6 Å². The molecular weight excluding hydrogens is 396 g/mol. The maximum atomic E-state index is 12.6. The van der Waals surface area contributed by atoms with Gasteiger partial charge in [0.05, 0.1) is 11.5 Å². The van der Waals surface area contributed by atoms with Gasteiger partial charge in [0.2, 0.25) is 0 Å². The van der Waals surface area contributed by atoms with Crippen LogP contribution >= 0.6 is 0 Å². The van der Waals surface area contributed by atoms with Gasteiger partial charge in [0.1, 0.15) is 17.5 Å². The van der Waals surface area contributed by atoms with E-state index in [1.165, 1.54) is 16.7 Å². The van der Waals surface area contributed by atoms with Gasteiger partial charge in [0.15, 0.2) is 21.8 Å². The van der Waals surface area contributed by atoms with Crippen molar-refractivity contribution in [2.75, 3.05) is 18.2 Å². The Morgan fingerprint density at radius 2 is 2.03 bits per heavy atom. The number of nitrogens with one attached hydrogen (secondary N) is 1. The standard InChI is InChI=1S/C20H24N2O6S/c1-11-19(23)21-17-18(28-11)15(9-22(2)20(17)24)14-8-13(29(3,25)26)6-7-16(14)27-10-12-4-5-12/h6-9,11-12,19,21,23H,4-5,10H2,1-3H3/t11-,19?/m1/s1. The molecule has 8 nitrogen and oxygen atoms in total. The van der Waals surface area contributed by atoms with Crippen LogP contribution in [0.4, 0.5) is 5.69 Å². The fraction of sp³-hybridized carbons (Fsp3) is 0.450. The average Bonchev–Trinajstić information content (AvgIpc) is 3.48. The number of aryl methyl sites for hydroxylation is 1. The Labute approximate surface area is 169 Å². The number of sulfone groups is 1.